The summed E-state index contributed by atoms with van der Waals surface area (Å²) in [6, 6.07) is 1.84. The van der Waals surface area contributed by atoms with E-state index in [9.17, 15) is 0 Å². The zero-order chi connectivity index (χ0) is 7.84. The smallest absolute Gasteiger partial charge is 0.0949 e. The number of nitrogens with two attached hydrogens (primary N) is 1. The molecule has 0 bridgehead atoms. The molecule has 2 N–H and O–H groups in total. The first kappa shape index (κ1) is 6.15. The molecule has 0 aliphatic heterocycles. The third kappa shape index (κ3) is 0.756. The zero-order valence-corrected chi connectivity index (χ0v) is 6.15. The zero-order valence-electron chi connectivity index (χ0n) is 6.15. The average molecular weight is 148 g/mol. The third-order valence-corrected chi connectivity index (χ3v) is 1.69. The first-order valence-corrected chi connectivity index (χ1v) is 3.33. The topological polar surface area (TPSA) is 56.7 Å². The fourth-order valence-corrected chi connectivity index (χ4v) is 1.13. The lowest BCUT2D eigenvalue weighted by atomic mass is 10.3. The fourth-order valence-electron chi connectivity index (χ4n) is 1.13. The molecule has 2 aromatic heterocycles. The summed E-state index contributed by atoms with van der Waals surface area (Å²) in [5, 5.41) is 5.05. The Hall–Kier alpha value is -1.58. The van der Waals surface area contributed by atoms with E-state index in [2.05, 4.69) is 10.1 Å². The molecule has 56 valence electrons. The molecule has 0 radical (unpaired) electrons. The van der Waals surface area contributed by atoms with Gasteiger partial charge in [0, 0.05) is 17.8 Å². The number of hydrogen-bond donors (Lipinski definition) is 1. The molecule has 2 rings (SSSR count). The molecule has 0 aliphatic carbocycles. The van der Waals surface area contributed by atoms with Crippen LogP contribution in [0.4, 0.5) is 0 Å². The molecule has 0 saturated carbocycles. The van der Waals surface area contributed by atoms with Crippen molar-refractivity contribution in [2.75, 3.05) is 5.84 Å². The van der Waals surface area contributed by atoms with Gasteiger partial charge in [0.25, 0.3) is 0 Å². The molecule has 4 heteroatoms. The largest absolute Gasteiger partial charge is 0.323 e. The predicted molar refractivity (Wildman–Crippen MR) is 42.4 cm³/mol. The van der Waals surface area contributed by atoms with E-state index >= 15 is 0 Å². The number of nitrogens with zero attached hydrogens (tertiary/aromatic N) is 3. The number of pyridine rings is 1. The summed E-state index contributed by atoms with van der Waals surface area (Å²) in [5.41, 5.74) is 1.83. The van der Waals surface area contributed by atoms with Crippen LogP contribution >= 0.6 is 0 Å². The second-order valence-corrected chi connectivity index (χ2v) is 2.42. The maximum Gasteiger partial charge on any atom is 0.0949 e. The van der Waals surface area contributed by atoms with Crippen molar-refractivity contribution < 1.29 is 0 Å². The van der Waals surface area contributed by atoms with Crippen molar-refractivity contribution in [2.45, 2.75) is 6.92 Å². The number of aromatic nitrogens is 3. The van der Waals surface area contributed by atoms with Crippen molar-refractivity contribution in [3.63, 3.8) is 0 Å². The molecular formula is C7H8N4. The van der Waals surface area contributed by atoms with Gasteiger partial charge in [-0.25, -0.2) is 0 Å². The van der Waals surface area contributed by atoms with Gasteiger partial charge in [0.1, 0.15) is 0 Å². The minimum Gasteiger partial charge on any atom is -0.323 e. The van der Waals surface area contributed by atoms with Crippen molar-refractivity contribution in [3.05, 3.63) is 24.2 Å². The van der Waals surface area contributed by atoms with Crippen molar-refractivity contribution >= 4 is 10.9 Å². The highest BCUT2D eigenvalue weighted by Gasteiger charge is 2.02. The number of hydrogen-bond acceptors (Lipinski definition) is 3. The molecule has 0 saturated heterocycles. The van der Waals surface area contributed by atoms with E-state index in [4.69, 9.17) is 5.84 Å². The summed E-state index contributed by atoms with van der Waals surface area (Å²) in [6.45, 7) is 1.91. The van der Waals surface area contributed by atoms with Crippen molar-refractivity contribution in [2.24, 2.45) is 0 Å². The van der Waals surface area contributed by atoms with Crippen LogP contribution in [0.2, 0.25) is 0 Å². The Kier molecular flexibility index (Phi) is 1.09. The summed E-state index contributed by atoms with van der Waals surface area (Å²) in [4.78, 5) is 5.35. The van der Waals surface area contributed by atoms with E-state index in [-0.39, 0.29) is 0 Å². The number of aryl methyl sites for hydroxylation is 1. The number of rotatable bonds is 0. The molecule has 4 nitrogen and oxygen atoms in total. The third-order valence-electron chi connectivity index (χ3n) is 1.69. The van der Waals surface area contributed by atoms with Gasteiger partial charge < -0.3 is 5.84 Å². The van der Waals surface area contributed by atoms with Gasteiger partial charge in [-0.05, 0) is 13.0 Å². The van der Waals surface area contributed by atoms with Crippen LogP contribution in [-0.2, 0) is 0 Å². The van der Waals surface area contributed by atoms with Crippen LogP contribution in [0, 0.1) is 6.92 Å². The van der Waals surface area contributed by atoms with E-state index in [0.29, 0.717) is 0 Å². The first-order chi connectivity index (χ1) is 5.29. The summed E-state index contributed by atoms with van der Waals surface area (Å²) < 4.78 is 0. The molecule has 2 aromatic rings. The Bertz CT molecular complexity index is 354. The minimum absolute atomic E-state index is 0.913. The molecule has 0 unspecified atom stereocenters. The Morgan fingerprint density at radius 1 is 1.55 bits per heavy atom. The Labute approximate surface area is 63.6 Å². The van der Waals surface area contributed by atoms with Crippen LogP contribution in [0.1, 0.15) is 5.69 Å². The lowest BCUT2D eigenvalue weighted by Gasteiger charge is -1.89. The SMILES string of the molecule is Cc1nn(N)c2ccncc12. The first-order valence-electron chi connectivity index (χ1n) is 3.33. The van der Waals surface area contributed by atoms with E-state index in [1.54, 1.807) is 12.4 Å². The van der Waals surface area contributed by atoms with E-state index in [1.807, 2.05) is 13.0 Å². The summed E-state index contributed by atoms with van der Waals surface area (Å²) in [7, 11) is 0. The maximum absolute atomic E-state index is 5.55. The van der Waals surface area contributed by atoms with Crippen LogP contribution < -0.4 is 5.84 Å². The number of fused-ring (bicyclic) bond motifs is 1. The van der Waals surface area contributed by atoms with Gasteiger partial charge in [-0.1, -0.05) is 0 Å². The molecule has 2 heterocycles. The second-order valence-electron chi connectivity index (χ2n) is 2.42. The van der Waals surface area contributed by atoms with Crippen LogP contribution in [0.3, 0.4) is 0 Å². The highest BCUT2D eigenvalue weighted by Crippen LogP contribution is 2.13. The highest BCUT2D eigenvalue weighted by molar-refractivity contribution is 5.80. The van der Waals surface area contributed by atoms with Crippen LogP contribution in [-0.4, -0.2) is 14.9 Å². The molecule has 0 fully saturated rings. The quantitative estimate of drug-likeness (QED) is 0.552. The van der Waals surface area contributed by atoms with Crippen LogP contribution in [0.5, 0.6) is 0 Å². The van der Waals surface area contributed by atoms with Crippen molar-refractivity contribution in [3.8, 4) is 0 Å². The molecule has 0 atom stereocenters. The normalized spacial score (nSPS) is 10.6. The summed E-state index contributed by atoms with van der Waals surface area (Å²) >= 11 is 0. The summed E-state index contributed by atoms with van der Waals surface area (Å²) in [6.07, 6.45) is 3.47. The molecule has 0 amide bonds. The van der Waals surface area contributed by atoms with Crippen LogP contribution in [0.15, 0.2) is 18.5 Å². The average Bonchev–Trinajstić information content (AvgIpc) is 2.30. The Morgan fingerprint density at radius 3 is 3.09 bits per heavy atom. The van der Waals surface area contributed by atoms with E-state index in [0.717, 1.165) is 16.6 Å². The van der Waals surface area contributed by atoms with Gasteiger partial charge in [-0.2, -0.15) is 9.89 Å². The van der Waals surface area contributed by atoms with Gasteiger partial charge in [0.05, 0.1) is 11.2 Å². The van der Waals surface area contributed by atoms with Crippen molar-refractivity contribution in [1.29, 1.82) is 0 Å². The maximum atomic E-state index is 5.55. The molecule has 0 aliphatic rings. The lowest BCUT2D eigenvalue weighted by molar-refractivity contribution is 0.844. The lowest BCUT2D eigenvalue weighted by Crippen LogP contribution is -2.09. The predicted octanol–water partition coefficient (Wildman–Crippen LogP) is 0.454. The minimum atomic E-state index is 0.913. The molecule has 0 aromatic carbocycles. The molecule has 0 spiro atoms. The Morgan fingerprint density at radius 2 is 2.36 bits per heavy atom. The van der Waals surface area contributed by atoms with Gasteiger partial charge >= 0.3 is 0 Å². The van der Waals surface area contributed by atoms with Crippen LogP contribution in [0.25, 0.3) is 10.9 Å². The van der Waals surface area contributed by atoms with E-state index in [1.165, 1.54) is 4.79 Å². The monoisotopic (exact) mass is 148 g/mol. The standard InChI is InChI=1S/C7H8N4/c1-5-6-4-9-3-2-7(6)11(8)10-5/h2-4H,8H2,1H3. The molecule has 11 heavy (non-hydrogen) atoms. The van der Waals surface area contributed by atoms with E-state index < -0.39 is 0 Å². The summed E-state index contributed by atoms with van der Waals surface area (Å²) in [5.74, 6) is 5.55. The second kappa shape index (κ2) is 1.95. The van der Waals surface area contributed by atoms with Gasteiger partial charge in [0.2, 0.25) is 0 Å². The van der Waals surface area contributed by atoms with Gasteiger partial charge in [-0.3, -0.25) is 4.98 Å². The van der Waals surface area contributed by atoms with Crippen molar-refractivity contribution in [1.82, 2.24) is 14.9 Å². The van der Waals surface area contributed by atoms with Gasteiger partial charge in [0.15, 0.2) is 0 Å². The fraction of sp³-hybridized carbons (Fsp3) is 0.143. The van der Waals surface area contributed by atoms with Gasteiger partial charge in [-0.15, -0.1) is 0 Å². The molecular weight excluding hydrogens is 140 g/mol. The Balaban J connectivity index is 2.95. The number of nitrogen functional groups attached to an aromatic ring is 1. The highest BCUT2D eigenvalue weighted by atomic mass is 15.5.